The van der Waals surface area contributed by atoms with E-state index in [-0.39, 0.29) is 11.4 Å². The van der Waals surface area contributed by atoms with Crippen LogP contribution in [0.4, 0.5) is 19.0 Å². The number of fused-ring (bicyclic) bond motifs is 1. The number of alkyl halides is 3. The molecular formula is C16H12F3N3OS. The Hall–Kier alpha value is -2.40. The number of aromatic nitrogens is 1. The number of nitriles is 1. The molecule has 2 aromatic rings. The molecule has 0 saturated heterocycles. The van der Waals surface area contributed by atoms with E-state index in [1.807, 2.05) is 6.07 Å². The molecule has 8 heteroatoms. The zero-order chi connectivity index (χ0) is 17.3. The summed E-state index contributed by atoms with van der Waals surface area (Å²) < 4.78 is 38.7. The van der Waals surface area contributed by atoms with Crippen molar-refractivity contribution in [1.29, 1.82) is 5.26 Å². The molecule has 1 aliphatic carbocycles. The first-order valence-corrected chi connectivity index (χ1v) is 8.22. The minimum Gasteiger partial charge on any atom is -0.305 e. The van der Waals surface area contributed by atoms with Gasteiger partial charge in [-0.3, -0.25) is 4.79 Å². The van der Waals surface area contributed by atoms with Crippen molar-refractivity contribution in [2.75, 3.05) is 5.32 Å². The van der Waals surface area contributed by atoms with Gasteiger partial charge in [0.15, 0.2) is 5.82 Å². The fourth-order valence-corrected chi connectivity index (χ4v) is 3.52. The van der Waals surface area contributed by atoms with Crippen LogP contribution in [-0.2, 0) is 19.0 Å². The predicted octanol–water partition coefficient (Wildman–Crippen LogP) is 4.16. The van der Waals surface area contributed by atoms with Crippen LogP contribution in [0.5, 0.6) is 0 Å². The summed E-state index contributed by atoms with van der Waals surface area (Å²) in [5, 5.41) is 13.6. The summed E-state index contributed by atoms with van der Waals surface area (Å²) in [6.07, 6.45) is -1.09. The molecule has 2 heterocycles. The van der Waals surface area contributed by atoms with Crippen molar-refractivity contribution in [3.05, 3.63) is 44.8 Å². The number of carbonyl (C=O) groups excluding carboxylic acids is 1. The van der Waals surface area contributed by atoms with Crippen LogP contribution >= 0.6 is 11.3 Å². The molecule has 0 fully saturated rings. The number of rotatable bonds is 2. The second kappa shape index (κ2) is 6.24. The summed E-state index contributed by atoms with van der Waals surface area (Å²) in [6.45, 7) is 0. The molecule has 0 radical (unpaired) electrons. The smallest absolute Gasteiger partial charge is 0.305 e. The number of aryl methyl sites for hydroxylation is 2. The highest BCUT2D eigenvalue weighted by atomic mass is 32.1. The summed E-state index contributed by atoms with van der Waals surface area (Å²) >= 11 is 0.799. The van der Waals surface area contributed by atoms with E-state index >= 15 is 0 Å². The van der Waals surface area contributed by atoms with E-state index in [1.54, 1.807) is 6.07 Å². The number of nitrogens with zero attached hydrogens (tertiary/aromatic N) is 2. The van der Waals surface area contributed by atoms with Crippen molar-refractivity contribution < 1.29 is 18.0 Å². The van der Waals surface area contributed by atoms with E-state index < -0.39 is 23.2 Å². The summed E-state index contributed by atoms with van der Waals surface area (Å²) in [4.78, 5) is 16.5. The number of thiophene rings is 1. The molecule has 0 saturated carbocycles. The maximum atomic E-state index is 12.9. The molecule has 4 nitrogen and oxygen atoms in total. The van der Waals surface area contributed by atoms with E-state index in [0.29, 0.717) is 0 Å². The predicted molar refractivity (Wildman–Crippen MR) is 82.9 cm³/mol. The summed E-state index contributed by atoms with van der Waals surface area (Å²) in [5.74, 6) is -0.897. The molecule has 1 amide bonds. The molecule has 0 aromatic carbocycles. The Labute approximate surface area is 139 Å². The lowest BCUT2D eigenvalue weighted by molar-refractivity contribution is -0.137. The lowest BCUT2D eigenvalue weighted by Crippen LogP contribution is -2.19. The van der Waals surface area contributed by atoms with E-state index in [9.17, 15) is 23.2 Å². The van der Waals surface area contributed by atoms with Crippen molar-refractivity contribution >= 4 is 23.1 Å². The first-order valence-electron chi connectivity index (χ1n) is 7.28. The minimum absolute atomic E-state index is 0.0162. The Morgan fingerprint density at radius 2 is 2.04 bits per heavy atom. The highest BCUT2D eigenvalue weighted by molar-refractivity contribution is 7.08. The van der Waals surface area contributed by atoms with Crippen LogP contribution in [0, 0.1) is 11.3 Å². The number of hydrogen-bond acceptors (Lipinski definition) is 4. The van der Waals surface area contributed by atoms with Crippen molar-refractivity contribution in [3.63, 3.8) is 0 Å². The van der Waals surface area contributed by atoms with Gasteiger partial charge in [0.25, 0.3) is 5.91 Å². The normalized spacial score (nSPS) is 13.9. The van der Waals surface area contributed by atoms with Gasteiger partial charge in [0, 0.05) is 16.5 Å². The average molecular weight is 351 g/mol. The molecule has 0 bridgehead atoms. The Kier molecular flexibility index (Phi) is 4.28. The van der Waals surface area contributed by atoms with Gasteiger partial charge in [0.1, 0.15) is 6.07 Å². The SMILES string of the molecule is N#Cc1cc2c(nc1NC(=O)c1cscc1C(F)(F)F)CCCC2. The first-order chi connectivity index (χ1) is 11.4. The number of hydrogen-bond donors (Lipinski definition) is 1. The van der Waals surface area contributed by atoms with Crippen molar-refractivity contribution in [3.8, 4) is 6.07 Å². The van der Waals surface area contributed by atoms with Gasteiger partial charge in [-0.05, 0) is 37.3 Å². The molecular weight excluding hydrogens is 339 g/mol. The van der Waals surface area contributed by atoms with Gasteiger partial charge in [0.2, 0.25) is 0 Å². The second-order valence-electron chi connectivity index (χ2n) is 5.46. The van der Waals surface area contributed by atoms with E-state index in [0.717, 1.165) is 59.0 Å². The van der Waals surface area contributed by atoms with Gasteiger partial charge < -0.3 is 5.32 Å². The monoisotopic (exact) mass is 351 g/mol. The topological polar surface area (TPSA) is 65.8 Å². The highest BCUT2D eigenvalue weighted by Gasteiger charge is 2.36. The Morgan fingerprint density at radius 3 is 2.75 bits per heavy atom. The molecule has 0 atom stereocenters. The number of halogens is 3. The molecule has 24 heavy (non-hydrogen) atoms. The number of anilines is 1. The molecule has 1 N–H and O–H groups in total. The van der Waals surface area contributed by atoms with Gasteiger partial charge in [-0.1, -0.05) is 0 Å². The van der Waals surface area contributed by atoms with Crippen LogP contribution in [-0.4, -0.2) is 10.9 Å². The zero-order valence-corrected chi connectivity index (χ0v) is 13.2. The van der Waals surface area contributed by atoms with Gasteiger partial charge in [-0.15, -0.1) is 0 Å². The largest absolute Gasteiger partial charge is 0.417 e. The maximum absolute atomic E-state index is 12.9. The quantitative estimate of drug-likeness (QED) is 0.883. The van der Waals surface area contributed by atoms with Crippen LogP contribution in [0.3, 0.4) is 0 Å². The van der Waals surface area contributed by atoms with Gasteiger partial charge >= 0.3 is 6.18 Å². The third-order valence-electron chi connectivity index (χ3n) is 3.87. The van der Waals surface area contributed by atoms with Gasteiger partial charge in [-0.2, -0.15) is 29.8 Å². The van der Waals surface area contributed by atoms with Crippen molar-refractivity contribution in [2.45, 2.75) is 31.9 Å². The standard InChI is InChI=1S/C16H12F3N3OS/c17-16(18,19)12-8-24-7-11(12)15(23)22-14-10(6-20)5-9-3-1-2-4-13(9)21-14/h5,7-8H,1-4H2,(H,21,22,23). The van der Waals surface area contributed by atoms with E-state index in [2.05, 4.69) is 10.3 Å². The zero-order valence-electron chi connectivity index (χ0n) is 12.4. The van der Waals surface area contributed by atoms with Crippen LogP contribution in [0.1, 0.15) is 45.6 Å². The second-order valence-corrected chi connectivity index (χ2v) is 6.20. The molecule has 0 unspecified atom stereocenters. The first kappa shape index (κ1) is 16.5. The third kappa shape index (κ3) is 3.12. The van der Waals surface area contributed by atoms with Gasteiger partial charge in [0.05, 0.1) is 16.7 Å². The summed E-state index contributed by atoms with van der Waals surface area (Å²) in [6, 6.07) is 3.61. The van der Waals surface area contributed by atoms with E-state index in [1.165, 1.54) is 0 Å². The molecule has 1 aliphatic rings. The molecule has 3 rings (SSSR count). The Balaban J connectivity index is 1.93. The number of pyridine rings is 1. The van der Waals surface area contributed by atoms with Gasteiger partial charge in [-0.25, -0.2) is 4.98 Å². The molecule has 0 spiro atoms. The lowest BCUT2D eigenvalue weighted by atomic mass is 9.95. The third-order valence-corrected chi connectivity index (χ3v) is 4.61. The fourth-order valence-electron chi connectivity index (χ4n) is 2.68. The number of nitrogens with one attached hydrogen (secondary N) is 1. The van der Waals surface area contributed by atoms with Crippen molar-refractivity contribution in [2.24, 2.45) is 0 Å². The fraction of sp³-hybridized carbons (Fsp3) is 0.312. The van der Waals surface area contributed by atoms with E-state index in [4.69, 9.17) is 0 Å². The maximum Gasteiger partial charge on any atom is 0.417 e. The summed E-state index contributed by atoms with van der Waals surface area (Å²) in [7, 11) is 0. The summed E-state index contributed by atoms with van der Waals surface area (Å²) in [5.41, 5.74) is 0.462. The highest BCUT2D eigenvalue weighted by Crippen LogP contribution is 2.34. The Morgan fingerprint density at radius 1 is 1.29 bits per heavy atom. The van der Waals surface area contributed by atoms with Crippen LogP contribution < -0.4 is 5.32 Å². The lowest BCUT2D eigenvalue weighted by Gasteiger charge is -2.17. The number of amides is 1. The molecule has 124 valence electrons. The van der Waals surface area contributed by atoms with Crippen LogP contribution in [0.15, 0.2) is 16.8 Å². The molecule has 2 aromatic heterocycles. The molecule has 0 aliphatic heterocycles. The van der Waals surface area contributed by atoms with Crippen LogP contribution in [0.2, 0.25) is 0 Å². The minimum atomic E-state index is -4.60. The van der Waals surface area contributed by atoms with Crippen molar-refractivity contribution in [1.82, 2.24) is 4.98 Å². The van der Waals surface area contributed by atoms with Crippen LogP contribution in [0.25, 0.3) is 0 Å². The number of carbonyl (C=O) groups is 1. The Bertz CT molecular complexity index is 836. The average Bonchev–Trinajstić information content (AvgIpc) is 3.04.